The van der Waals surface area contributed by atoms with E-state index in [9.17, 15) is 0 Å². The van der Waals surface area contributed by atoms with Gasteiger partial charge in [-0.3, -0.25) is 0 Å². The van der Waals surface area contributed by atoms with Gasteiger partial charge in [0, 0.05) is 18.9 Å². The van der Waals surface area contributed by atoms with Gasteiger partial charge in [-0.05, 0) is 37.4 Å². The fourth-order valence-corrected chi connectivity index (χ4v) is 3.07. The summed E-state index contributed by atoms with van der Waals surface area (Å²) < 4.78 is 1.99. The Balaban J connectivity index is 1.56. The van der Waals surface area contributed by atoms with Gasteiger partial charge in [-0.15, -0.1) is 0 Å². The van der Waals surface area contributed by atoms with Gasteiger partial charge in [0.1, 0.15) is 5.65 Å². The highest BCUT2D eigenvalue weighted by Gasteiger charge is 2.12. The van der Waals surface area contributed by atoms with E-state index < -0.39 is 0 Å². The summed E-state index contributed by atoms with van der Waals surface area (Å²) in [5, 5.41) is 4.28. The lowest BCUT2D eigenvalue weighted by Gasteiger charge is -2.21. The normalized spacial score (nSPS) is 17.1. The monoisotopic (exact) mass is 277 g/mol. The SMILES string of the molecule is Clc1ccc2nc(CNCC3CCCCC3)cn2c1. The molecule has 0 spiro atoms. The Bertz CT molecular complexity index is 543. The Morgan fingerprint density at radius 1 is 1.21 bits per heavy atom. The minimum Gasteiger partial charge on any atom is -0.311 e. The van der Waals surface area contributed by atoms with Crippen LogP contribution in [0.5, 0.6) is 0 Å². The van der Waals surface area contributed by atoms with Gasteiger partial charge in [0.25, 0.3) is 0 Å². The topological polar surface area (TPSA) is 29.3 Å². The maximum atomic E-state index is 5.97. The lowest BCUT2D eigenvalue weighted by Crippen LogP contribution is -2.24. The molecule has 0 radical (unpaired) electrons. The number of nitrogens with one attached hydrogen (secondary N) is 1. The third-order valence-corrected chi connectivity index (χ3v) is 4.15. The number of imidazole rings is 1. The maximum absolute atomic E-state index is 5.97. The van der Waals surface area contributed by atoms with Crippen LogP contribution in [0.3, 0.4) is 0 Å². The summed E-state index contributed by atoms with van der Waals surface area (Å²) in [5.74, 6) is 0.861. The van der Waals surface area contributed by atoms with E-state index in [-0.39, 0.29) is 0 Å². The Kier molecular flexibility index (Phi) is 4.04. The van der Waals surface area contributed by atoms with E-state index in [4.69, 9.17) is 11.6 Å². The van der Waals surface area contributed by atoms with Gasteiger partial charge in [0.2, 0.25) is 0 Å². The number of nitrogens with zero attached hydrogens (tertiary/aromatic N) is 2. The molecule has 19 heavy (non-hydrogen) atoms. The van der Waals surface area contributed by atoms with E-state index in [0.29, 0.717) is 0 Å². The van der Waals surface area contributed by atoms with Gasteiger partial charge in [0.05, 0.1) is 10.7 Å². The van der Waals surface area contributed by atoms with E-state index in [1.165, 1.54) is 32.1 Å². The third kappa shape index (κ3) is 3.28. The molecule has 0 amide bonds. The molecule has 102 valence electrons. The van der Waals surface area contributed by atoms with Crippen LogP contribution in [0.4, 0.5) is 0 Å². The summed E-state index contributed by atoms with van der Waals surface area (Å²) in [6.07, 6.45) is 10.9. The van der Waals surface area contributed by atoms with Gasteiger partial charge in [0.15, 0.2) is 0 Å². The highest BCUT2D eigenvalue weighted by atomic mass is 35.5. The van der Waals surface area contributed by atoms with Crippen molar-refractivity contribution in [3.05, 3.63) is 35.2 Å². The van der Waals surface area contributed by atoms with Gasteiger partial charge >= 0.3 is 0 Å². The van der Waals surface area contributed by atoms with E-state index in [2.05, 4.69) is 16.5 Å². The molecule has 4 heteroatoms. The Morgan fingerprint density at radius 2 is 2.05 bits per heavy atom. The molecule has 0 aromatic carbocycles. The number of halogens is 1. The van der Waals surface area contributed by atoms with Crippen molar-refractivity contribution in [1.82, 2.24) is 14.7 Å². The number of pyridine rings is 1. The average molecular weight is 278 g/mol. The molecular weight excluding hydrogens is 258 g/mol. The Labute approximate surface area is 119 Å². The van der Waals surface area contributed by atoms with E-state index >= 15 is 0 Å². The summed E-state index contributed by atoms with van der Waals surface area (Å²) >= 11 is 5.97. The highest BCUT2D eigenvalue weighted by Crippen LogP contribution is 2.22. The molecule has 1 saturated carbocycles. The van der Waals surface area contributed by atoms with Crippen LogP contribution < -0.4 is 5.32 Å². The van der Waals surface area contributed by atoms with Gasteiger partial charge in [-0.25, -0.2) is 4.98 Å². The van der Waals surface area contributed by atoms with Crippen molar-refractivity contribution in [2.45, 2.75) is 38.6 Å². The van der Waals surface area contributed by atoms with Crippen LogP contribution in [0, 0.1) is 5.92 Å². The Morgan fingerprint density at radius 3 is 2.89 bits per heavy atom. The molecule has 2 aromatic heterocycles. The second-order valence-electron chi connectivity index (χ2n) is 5.48. The first-order valence-electron chi connectivity index (χ1n) is 7.15. The van der Waals surface area contributed by atoms with Crippen molar-refractivity contribution >= 4 is 17.2 Å². The molecular formula is C15H20ClN3. The second kappa shape index (κ2) is 5.93. The van der Waals surface area contributed by atoms with Crippen LogP contribution in [0.1, 0.15) is 37.8 Å². The molecule has 2 heterocycles. The summed E-state index contributed by atoms with van der Waals surface area (Å²) in [6, 6.07) is 3.83. The lowest BCUT2D eigenvalue weighted by atomic mass is 9.89. The van der Waals surface area contributed by atoms with Crippen molar-refractivity contribution in [3.8, 4) is 0 Å². The average Bonchev–Trinajstić information content (AvgIpc) is 2.82. The first-order valence-corrected chi connectivity index (χ1v) is 7.53. The number of rotatable bonds is 4. The summed E-state index contributed by atoms with van der Waals surface area (Å²) in [7, 11) is 0. The van der Waals surface area contributed by atoms with Crippen LogP contribution in [-0.4, -0.2) is 15.9 Å². The molecule has 0 unspecified atom stereocenters. The van der Waals surface area contributed by atoms with Crippen molar-refractivity contribution in [2.24, 2.45) is 5.92 Å². The zero-order valence-electron chi connectivity index (χ0n) is 11.1. The predicted octanol–water partition coefficient (Wildman–Crippen LogP) is 3.66. The zero-order valence-corrected chi connectivity index (χ0v) is 11.9. The van der Waals surface area contributed by atoms with Crippen LogP contribution in [0.15, 0.2) is 24.5 Å². The molecule has 3 rings (SSSR count). The molecule has 1 fully saturated rings. The highest BCUT2D eigenvalue weighted by molar-refractivity contribution is 6.30. The molecule has 1 aliphatic rings. The summed E-state index contributed by atoms with van der Waals surface area (Å²) in [6.45, 7) is 1.96. The number of fused-ring (bicyclic) bond motifs is 1. The number of aromatic nitrogens is 2. The molecule has 0 saturated heterocycles. The standard InChI is InChI=1S/C15H20ClN3/c16-13-6-7-15-18-14(11-19(15)10-13)9-17-8-12-4-2-1-3-5-12/h6-7,10-12,17H,1-5,8-9H2. The molecule has 3 nitrogen and oxygen atoms in total. The third-order valence-electron chi connectivity index (χ3n) is 3.93. The molecule has 0 atom stereocenters. The van der Waals surface area contributed by atoms with E-state index in [1.807, 2.05) is 22.7 Å². The zero-order chi connectivity index (χ0) is 13.1. The van der Waals surface area contributed by atoms with E-state index in [0.717, 1.165) is 35.4 Å². The fourth-order valence-electron chi connectivity index (χ4n) is 2.90. The first kappa shape index (κ1) is 12.9. The minimum absolute atomic E-state index is 0.742. The van der Waals surface area contributed by atoms with Crippen molar-refractivity contribution < 1.29 is 0 Å². The molecule has 1 N–H and O–H groups in total. The van der Waals surface area contributed by atoms with Crippen LogP contribution >= 0.6 is 11.6 Å². The lowest BCUT2D eigenvalue weighted by molar-refractivity contribution is 0.341. The second-order valence-corrected chi connectivity index (χ2v) is 5.92. The molecule has 0 aliphatic heterocycles. The molecule has 1 aliphatic carbocycles. The number of hydrogen-bond donors (Lipinski definition) is 1. The van der Waals surface area contributed by atoms with Crippen LogP contribution in [-0.2, 0) is 6.54 Å². The van der Waals surface area contributed by atoms with Crippen LogP contribution in [0.2, 0.25) is 5.02 Å². The predicted molar refractivity (Wildman–Crippen MR) is 78.5 cm³/mol. The van der Waals surface area contributed by atoms with Crippen molar-refractivity contribution in [1.29, 1.82) is 0 Å². The van der Waals surface area contributed by atoms with Gasteiger partial charge < -0.3 is 9.72 Å². The van der Waals surface area contributed by atoms with Crippen molar-refractivity contribution in [2.75, 3.05) is 6.54 Å². The quantitative estimate of drug-likeness (QED) is 0.924. The first-order chi connectivity index (χ1) is 9.31. The van der Waals surface area contributed by atoms with Crippen molar-refractivity contribution in [3.63, 3.8) is 0 Å². The smallest absolute Gasteiger partial charge is 0.137 e. The fraction of sp³-hybridized carbons (Fsp3) is 0.533. The van der Waals surface area contributed by atoms with Gasteiger partial charge in [-0.2, -0.15) is 0 Å². The molecule has 2 aromatic rings. The van der Waals surface area contributed by atoms with Gasteiger partial charge in [-0.1, -0.05) is 30.9 Å². The summed E-state index contributed by atoms with van der Waals surface area (Å²) in [5.41, 5.74) is 2.04. The van der Waals surface area contributed by atoms with Crippen LogP contribution in [0.25, 0.3) is 5.65 Å². The molecule has 0 bridgehead atoms. The van der Waals surface area contributed by atoms with E-state index in [1.54, 1.807) is 0 Å². The maximum Gasteiger partial charge on any atom is 0.137 e. The minimum atomic E-state index is 0.742. The Hall–Kier alpha value is -1.06. The number of hydrogen-bond acceptors (Lipinski definition) is 2. The largest absolute Gasteiger partial charge is 0.311 e. The summed E-state index contributed by atoms with van der Waals surface area (Å²) in [4.78, 5) is 4.58.